The van der Waals surface area contributed by atoms with Gasteiger partial charge in [0.25, 0.3) is 0 Å². The van der Waals surface area contributed by atoms with Gasteiger partial charge in [0, 0.05) is 0 Å². The van der Waals surface area contributed by atoms with Crippen molar-refractivity contribution in [1.29, 1.82) is 0 Å². The van der Waals surface area contributed by atoms with Crippen LogP contribution in [0.15, 0.2) is 4.95 Å². The molecule has 3 N–H and O–H groups in total. The average Bonchev–Trinajstić information content (AvgIpc) is 1.89. The Labute approximate surface area is 58.8 Å². The number of hydrogen-bond donors (Lipinski definition) is 3. The fourth-order valence-corrected chi connectivity index (χ4v) is 0.745. The first-order chi connectivity index (χ1) is 4.62. The van der Waals surface area contributed by atoms with Crippen molar-refractivity contribution < 1.29 is 14.3 Å². The molecule has 0 amide bonds. The first kappa shape index (κ1) is 9.87. The van der Waals surface area contributed by atoms with E-state index in [2.05, 4.69) is 9.84 Å². The second kappa shape index (κ2) is 4.65. The number of likely N-dealkylation sites (N-methyl/N-ethyl adjacent to an activating group) is 1. The molecule has 0 fully saturated rings. The van der Waals surface area contributed by atoms with Gasteiger partial charge >= 0.3 is 57.8 Å². The molecule has 0 saturated heterocycles. The van der Waals surface area contributed by atoms with Gasteiger partial charge in [0.15, 0.2) is 0 Å². The summed E-state index contributed by atoms with van der Waals surface area (Å²) in [7, 11) is -2.51. The van der Waals surface area contributed by atoms with Crippen LogP contribution in [-0.2, 0) is 4.52 Å². The molecular weight excluding hydrogens is 159 g/mol. The molecule has 0 saturated carbocycles. The van der Waals surface area contributed by atoms with Crippen LogP contribution in [0, 0.1) is 4.91 Å². The van der Waals surface area contributed by atoms with E-state index in [0.717, 1.165) is 0 Å². The van der Waals surface area contributed by atoms with Crippen LogP contribution in [0.5, 0.6) is 0 Å². The fourth-order valence-electron chi connectivity index (χ4n) is 0.316. The third-order valence-electron chi connectivity index (χ3n) is 0.767. The van der Waals surface area contributed by atoms with Crippen molar-refractivity contribution in [3.05, 3.63) is 4.91 Å². The third-order valence-corrected chi connectivity index (χ3v) is 1.60. The van der Waals surface area contributed by atoms with E-state index in [1.165, 1.54) is 0 Å². The number of hydrogen-bond acceptors (Lipinski definition) is 6. The Bertz CT molecular complexity index is 109. The van der Waals surface area contributed by atoms with E-state index < -0.39 is 8.09 Å². The van der Waals surface area contributed by atoms with Crippen LogP contribution < -0.4 is 5.32 Å². The van der Waals surface area contributed by atoms with E-state index in [1.807, 2.05) is 4.95 Å². The van der Waals surface area contributed by atoms with Gasteiger partial charge in [0.1, 0.15) is 0 Å². The van der Waals surface area contributed by atoms with Gasteiger partial charge in [-0.2, -0.15) is 0 Å². The Morgan fingerprint density at radius 3 is 2.70 bits per heavy atom. The Morgan fingerprint density at radius 2 is 2.30 bits per heavy atom. The molecular formula is C3H11N2O4P. The van der Waals surface area contributed by atoms with Gasteiger partial charge in [0.2, 0.25) is 0 Å². The fraction of sp³-hybridized carbons (Fsp3) is 1.00. The molecule has 0 aromatic rings. The van der Waals surface area contributed by atoms with Gasteiger partial charge in [-0.3, -0.25) is 0 Å². The zero-order chi connectivity index (χ0) is 8.04. The summed E-state index contributed by atoms with van der Waals surface area (Å²) in [5.74, 6) is 0. The summed E-state index contributed by atoms with van der Waals surface area (Å²) in [6, 6.07) is 0. The van der Waals surface area contributed by atoms with Crippen LogP contribution in [0.4, 0.5) is 0 Å². The Balaban J connectivity index is 3.37. The molecule has 0 radical (unpaired) electrons. The number of rotatable bonds is 5. The van der Waals surface area contributed by atoms with Crippen molar-refractivity contribution >= 4 is 8.09 Å². The van der Waals surface area contributed by atoms with Gasteiger partial charge in [-0.1, -0.05) is 0 Å². The predicted octanol–water partition coefficient (Wildman–Crippen LogP) is -0.617. The molecule has 0 aliphatic carbocycles. The maximum atomic E-state index is 9.59. The van der Waals surface area contributed by atoms with Gasteiger partial charge in [-0.05, 0) is 0 Å². The Morgan fingerprint density at radius 1 is 1.70 bits per heavy atom. The molecule has 0 aliphatic rings. The van der Waals surface area contributed by atoms with Crippen LogP contribution in [0.1, 0.15) is 0 Å². The molecule has 6 nitrogen and oxygen atoms in total. The quantitative estimate of drug-likeness (QED) is 0.290. The third kappa shape index (κ3) is 4.72. The Kier molecular flexibility index (Phi) is 4.59. The van der Waals surface area contributed by atoms with Gasteiger partial charge < -0.3 is 0 Å². The van der Waals surface area contributed by atoms with Crippen molar-refractivity contribution in [1.82, 2.24) is 5.32 Å². The van der Waals surface area contributed by atoms with E-state index >= 15 is 0 Å². The van der Waals surface area contributed by atoms with Crippen LogP contribution in [0.2, 0.25) is 0 Å². The van der Waals surface area contributed by atoms with Gasteiger partial charge in [-0.25, -0.2) is 0 Å². The van der Waals surface area contributed by atoms with Gasteiger partial charge in [-0.15, -0.1) is 0 Å². The van der Waals surface area contributed by atoms with Gasteiger partial charge in [0.05, 0.1) is 0 Å². The molecule has 0 aromatic carbocycles. The van der Waals surface area contributed by atoms with Crippen molar-refractivity contribution in [2.24, 2.45) is 4.95 Å². The van der Waals surface area contributed by atoms with Crippen molar-refractivity contribution in [3.8, 4) is 0 Å². The summed E-state index contributed by atoms with van der Waals surface area (Å²) in [6.45, 7) is 0.521. The van der Waals surface area contributed by atoms with Crippen molar-refractivity contribution in [2.75, 3.05) is 20.2 Å². The minimum atomic E-state index is -4.19. The first-order valence-corrected chi connectivity index (χ1v) is 4.45. The van der Waals surface area contributed by atoms with E-state index in [0.29, 0.717) is 6.54 Å². The molecule has 0 atom stereocenters. The first-order valence-electron chi connectivity index (χ1n) is 2.70. The molecule has 0 heterocycles. The van der Waals surface area contributed by atoms with Crippen molar-refractivity contribution in [3.63, 3.8) is 0 Å². The molecule has 0 aromatic heterocycles. The zero-order valence-electron chi connectivity index (χ0n) is 5.57. The Hall–Kier alpha value is -0.130. The molecule has 0 bridgehead atoms. The van der Waals surface area contributed by atoms with Crippen LogP contribution in [-0.4, -0.2) is 30.0 Å². The summed E-state index contributed by atoms with van der Waals surface area (Å²) < 4.78 is 4.33. The monoisotopic (exact) mass is 170 g/mol. The normalized spacial score (nSPS) is 13.1. The maximum absolute atomic E-state index is 9.59. The second-order valence-corrected chi connectivity index (χ2v) is 3.24. The average molecular weight is 170 g/mol. The summed E-state index contributed by atoms with van der Waals surface area (Å²) in [4.78, 5) is 28.7. The summed E-state index contributed by atoms with van der Waals surface area (Å²) >= 11 is 0. The molecule has 0 spiro atoms. The second-order valence-electron chi connectivity index (χ2n) is 1.62. The van der Waals surface area contributed by atoms with E-state index in [9.17, 15) is 4.91 Å². The van der Waals surface area contributed by atoms with E-state index in [4.69, 9.17) is 9.79 Å². The number of nitroso groups, excluding NO2 is 1. The standard InChI is InChI=1S/C3H11N2O4P/c1-4-2-3-9-10(7,8)5-6/h4,7-8,10H,2-3H2,1H3. The van der Waals surface area contributed by atoms with Crippen molar-refractivity contribution in [2.45, 2.75) is 0 Å². The van der Waals surface area contributed by atoms with E-state index in [1.54, 1.807) is 7.05 Å². The minimum absolute atomic E-state index is 0.0709. The summed E-state index contributed by atoms with van der Waals surface area (Å²) in [6.07, 6.45) is 0. The SMILES string of the molecule is CNCCO[PH](O)(O)N=O. The molecule has 0 aliphatic heterocycles. The topological polar surface area (TPSA) is 91.2 Å². The molecule has 62 valence electrons. The summed E-state index contributed by atoms with van der Waals surface area (Å²) in [5, 5.41) is 2.70. The number of nitrogens with zero attached hydrogens (tertiary/aromatic N) is 1. The molecule has 0 unspecified atom stereocenters. The zero-order valence-corrected chi connectivity index (χ0v) is 6.57. The molecule has 7 heteroatoms. The number of nitrogens with one attached hydrogen (secondary N) is 1. The van der Waals surface area contributed by atoms with Crippen LogP contribution in [0.25, 0.3) is 0 Å². The van der Waals surface area contributed by atoms with Crippen LogP contribution in [0.3, 0.4) is 0 Å². The van der Waals surface area contributed by atoms with Crippen LogP contribution >= 0.6 is 8.09 Å². The van der Waals surface area contributed by atoms with E-state index in [-0.39, 0.29) is 6.61 Å². The predicted molar refractivity (Wildman–Crippen MR) is 38.4 cm³/mol. The molecule has 10 heavy (non-hydrogen) atoms. The summed E-state index contributed by atoms with van der Waals surface area (Å²) in [5.41, 5.74) is 0. The molecule has 0 rings (SSSR count).